The van der Waals surface area contributed by atoms with Crippen LogP contribution in [0.2, 0.25) is 5.02 Å². The molecule has 2 nitrogen and oxygen atoms in total. The summed E-state index contributed by atoms with van der Waals surface area (Å²) in [5.74, 6) is 4.82. The molecule has 20 heavy (non-hydrogen) atoms. The number of rotatable bonds is 4. The highest BCUT2D eigenvalue weighted by molar-refractivity contribution is 6.30. The predicted octanol–water partition coefficient (Wildman–Crippen LogP) is 3.67. The minimum Gasteiger partial charge on any atom is -0.271 e. The number of hydrogen-bond donors (Lipinski definition) is 2. The number of nitrogens with two attached hydrogens (primary N) is 1. The second-order valence-corrected chi connectivity index (χ2v) is 5.09. The Labute approximate surface area is 121 Å². The van der Waals surface area contributed by atoms with Crippen LogP contribution in [0, 0.1) is 18.6 Å². The van der Waals surface area contributed by atoms with Crippen LogP contribution in [0.25, 0.3) is 0 Å². The Morgan fingerprint density at radius 2 is 1.90 bits per heavy atom. The molecule has 0 spiro atoms. The average molecular weight is 297 g/mol. The van der Waals surface area contributed by atoms with Crippen molar-refractivity contribution >= 4 is 11.6 Å². The van der Waals surface area contributed by atoms with E-state index in [2.05, 4.69) is 5.43 Å². The Morgan fingerprint density at radius 3 is 2.50 bits per heavy atom. The van der Waals surface area contributed by atoms with Gasteiger partial charge in [0.05, 0.1) is 5.02 Å². The van der Waals surface area contributed by atoms with Crippen molar-refractivity contribution in [3.8, 4) is 0 Å². The Hall–Kier alpha value is -1.49. The van der Waals surface area contributed by atoms with Crippen molar-refractivity contribution in [2.24, 2.45) is 5.84 Å². The summed E-state index contributed by atoms with van der Waals surface area (Å²) in [4.78, 5) is 0. The molecule has 2 aromatic carbocycles. The molecule has 1 atom stereocenters. The molecule has 0 bridgehead atoms. The summed E-state index contributed by atoms with van der Waals surface area (Å²) in [6.07, 6.45) is 0.482. The van der Waals surface area contributed by atoms with Crippen molar-refractivity contribution in [3.05, 3.63) is 69.7 Å². The van der Waals surface area contributed by atoms with Crippen LogP contribution in [0.1, 0.15) is 22.7 Å². The topological polar surface area (TPSA) is 38.0 Å². The predicted molar refractivity (Wildman–Crippen MR) is 76.3 cm³/mol. The van der Waals surface area contributed by atoms with Crippen molar-refractivity contribution in [3.63, 3.8) is 0 Å². The molecule has 2 rings (SSSR count). The first kappa shape index (κ1) is 14.9. The molecular formula is C15H15ClF2N2. The van der Waals surface area contributed by atoms with Crippen LogP contribution in [-0.2, 0) is 6.42 Å². The molecule has 0 aliphatic rings. The second kappa shape index (κ2) is 6.31. The number of hydrogen-bond acceptors (Lipinski definition) is 2. The molecule has 0 saturated heterocycles. The van der Waals surface area contributed by atoms with E-state index in [1.807, 2.05) is 0 Å². The van der Waals surface area contributed by atoms with Gasteiger partial charge in [-0.3, -0.25) is 11.3 Å². The molecule has 5 heteroatoms. The molecule has 0 amide bonds. The van der Waals surface area contributed by atoms with E-state index < -0.39 is 5.82 Å². The van der Waals surface area contributed by atoms with E-state index in [-0.39, 0.29) is 16.9 Å². The molecule has 0 fully saturated rings. The zero-order chi connectivity index (χ0) is 14.7. The number of aryl methyl sites for hydroxylation is 1. The molecule has 0 radical (unpaired) electrons. The second-order valence-electron chi connectivity index (χ2n) is 4.68. The van der Waals surface area contributed by atoms with Gasteiger partial charge in [0, 0.05) is 6.04 Å². The summed E-state index contributed by atoms with van der Waals surface area (Å²) in [6.45, 7) is 1.69. The van der Waals surface area contributed by atoms with Crippen molar-refractivity contribution in [1.82, 2.24) is 5.43 Å². The van der Waals surface area contributed by atoms with Gasteiger partial charge in [0.2, 0.25) is 0 Å². The molecule has 0 heterocycles. The summed E-state index contributed by atoms with van der Waals surface area (Å²) in [5, 5.41) is 0.0867. The highest BCUT2D eigenvalue weighted by atomic mass is 35.5. The quantitative estimate of drug-likeness (QED) is 0.667. The third-order valence-electron chi connectivity index (χ3n) is 3.21. The zero-order valence-corrected chi connectivity index (χ0v) is 11.7. The van der Waals surface area contributed by atoms with Gasteiger partial charge in [-0.2, -0.15) is 0 Å². The van der Waals surface area contributed by atoms with Gasteiger partial charge in [-0.1, -0.05) is 29.8 Å². The Morgan fingerprint density at radius 1 is 1.15 bits per heavy atom. The van der Waals surface area contributed by atoms with Crippen molar-refractivity contribution in [2.45, 2.75) is 19.4 Å². The highest BCUT2D eigenvalue weighted by Crippen LogP contribution is 2.22. The number of nitrogens with one attached hydrogen (secondary N) is 1. The largest absolute Gasteiger partial charge is 0.271 e. The monoisotopic (exact) mass is 296 g/mol. The van der Waals surface area contributed by atoms with E-state index in [0.29, 0.717) is 12.0 Å². The van der Waals surface area contributed by atoms with E-state index in [4.69, 9.17) is 17.4 Å². The lowest BCUT2D eigenvalue weighted by Crippen LogP contribution is -2.29. The van der Waals surface area contributed by atoms with Gasteiger partial charge in [0.1, 0.15) is 11.6 Å². The van der Waals surface area contributed by atoms with Gasteiger partial charge in [0.25, 0.3) is 0 Å². The summed E-state index contributed by atoms with van der Waals surface area (Å²) in [6, 6.07) is 9.20. The Kier molecular flexibility index (Phi) is 4.70. The lowest BCUT2D eigenvalue weighted by molar-refractivity contribution is 0.545. The minimum absolute atomic E-state index is 0.0867. The van der Waals surface area contributed by atoms with Crippen LogP contribution in [-0.4, -0.2) is 0 Å². The molecule has 0 saturated carbocycles. The molecular weight excluding hydrogens is 282 g/mol. The lowest BCUT2D eigenvalue weighted by atomic mass is 9.98. The maximum absolute atomic E-state index is 13.4. The third kappa shape index (κ3) is 3.33. The number of benzene rings is 2. The van der Waals surface area contributed by atoms with Crippen LogP contribution >= 0.6 is 11.6 Å². The molecule has 0 aliphatic carbocycles. The number of hydrazine groups is 1. The van der Waals surface area contributed by atoms with Gasteiger partial charge in [-0.05, 0) is 48.2 Å². The molecule has 0 aromatic heterocycles. The molecule has 106 valence electrons. The van der Waals surface area contributed by atoms with Gasteiger partial charge in [-0.15, -0.1) is 0 Å². The highest BCUT2D eigenvalue weighted by Gasteiger charge is 2.13. The van der Waals surface area contributed by atoms with Gasteiger partial charge < -0.3 is 0 Å². The maximum Gasteiger partial charge on any atom is 0.142 e. The summed E-state index contributed by atoms with van der Waals surface area (Å²) >= 11 is 5.65. The molecule has 2 aromatic rings. The van der Waals surface area contributed by atoms with Gasteiger partial charge in [0.15, 0.2) is 0 Å². The lowest BCUT2D eigenvalue weighted by Gasteiger charge is -2.17. The van der Waals surface area contributed by atoms with E-state index >= 15 is 0 Å². The zero-order valence-electron chi connectivity index (χ0n) is 11.0. The normalized spacial score (nSPS) is 12.4. The summed E-state index contributed by atoms with van der Waals surface area (Å²) < 4.78 is 26.7. The van der Waals surface area contributed by atoms with Crippen LogP contribution in [0.3, 0.4) is 0 Å². The standard InChI is InChI=1S/C15H15ClF2N2/c1-9-6-11(3-5-13(9)17)15(20-19)8-10-2-4-12(16)14(18)7-10/h2-7,15,20H,8,19H2,1H3. The third-order valence-corrected chi connectivity index (χ3v) is 3.52. The van der Waals surface area contributed by atoms with Crippen LogP contribution < -0.4 is 11.3 Å². The first-order chi connectivity index (χ1) is 9.51. The summed E-state index contributed by atoms with van der Waals surface area (Å²) in [5.41, 5.74) is 4.83. The first-order valence-corrected chi connectivity index (χ1v) is 6.55. The van der Waals surface area contributed by atoms with Crippen molar-refractivity contribution in [2.75, 3.05) is 0 Å². The van der Waals surface area contributed by atoms with E-state index in [9.17, 15) is 8.78 Å². The first-order valence-electron chi connectivity index (χ1n) is 6.17. The molecule has 3 N–H and O–H groups in total. The summed E-state index contributed by atoms with van der Waals surface area (Å²) in [7, 11) is 0. The van der Waals surface area contributed by atoms with Crippen LogP contribution in [0.4, 0.5) is 8.78 Å². The molecule has 0 aliphatic heterocycles. The van der Waals surface area contributed by atoms with Gasteiger partial charge >= 0.3 is 0 Å². The van der Waals surface area contributed by atoms with Gasteiger partial charge in [-0.25, -0.2) is 8.78 Å². The fourth-order valence-corrected chi connectivity index (χ4v) is 2.18. The van der Waals surface area contributed by atoms with E-state index in [1.54, 1.807) is 25.1 Å². The Balaban J connectivity index is 2.23. The minimum atomic E-state index is -0.463. The van der Waals surface area contributed by atoms with Crippen LogP contribution in [0.15, 0.2) is 36.4 Å². The van der Waals surface area contributed by atoms with Crippen LogP contribution in [0.5, 0.6) is 0 Å². The smallest absolute Gasteiger partial charge is 0.142 e. The fourth-order valence-electron chi connectivity index (χ4n) is 2.06. The van der Waals surface area contributed by atoms with Crippen molar-refractivity contribution in [1.29, 1.82) is 0 Å². The Bertz CT molecular complexity index is 617. The molecule has 1 unspecified atom stereocenters. The maximum atomic E-state index is 13.4. The van der Waals surface area contributed by atoms with E-state index in [1.165, 1.54) is 18.2 Å². The average Bonchev–Trinajstić information content (AvgIpc) is 2.43. The van der Waals surface area contributed by atoms with Crippen molar-refractivity contribution < 1.29 is 8.78 Å². The SMILES string of the molecule is Cc1cc(C(Cc2ccc(Cl)c(F)c2)NN)ccc1F. The number of halogens is 3. The van der Waals surface area contributed by atoms with E-state index in [0.717, 1.165) is 11.1 Å². The fraction of sp³-hybridized carbons (Fsp3) is 0.200.